The molecule has 1 unspecified atom stereocenters. The van der Waals surface area contributed by atoms with Crippen molar-refractivity contribution in [2.75, 3.05) is 0 Å². The van der Waals surface area contributed by atoms with Crippen molar-refractivity contribution in [3.63, 3.8) is 0 Å². The van der Waals surface area contributed by atoms with E-state index in [1.165, 1.54) is 5.56 Å². The van der Waals surface area contributed by atoms with Crippen molar-refractivity contribution in [1.29, 1.82) is 0 Å². The summed E-state index contributed by atoms with van der Waals surface area (Å²) in [6, 6.07) is 16.3. The quantitative estimate of drug-likeness (QED) is 0.731. The zero-order valence-corrected chi connectivity index (χ0v) is 16.0. The molecule has 126 valence electrons. The Kier molecular flexibility index (Phi) is 4.85. The molecule has 1 heterocycles. The minimum atomic E-state index is -1.18. The summed E-state index contributed by atoms with van der Waals surface area (Å²) >= 11 is 1.65. The molecule has 3 rings (SSSR count). The first-order chi connectivity index (χ1) is 11.3. The number of nitrogens with zero attached hydrogens (tertiary/aromatic N) is 1. The number of hydrogen-bond donors (Lipinski definition) is 1. The molecule has 2 atom stereocenters. The first-order valence-electron chi connectivity index (χ1n) is 7.95. The minimum Gasteiger partial charge on any atom is -0.242 e. The SMILES string of the molecule is Cc1ccc([C@H](NS(=O)C(C)(C)C)c2nc3ccccc3s2)cc1. The molecule has 0 aliphatic heterocycles. The first-order valence-corrected chi connectivity index (χ1v) is 9.91. The molecule has 5 heteroatoms. The minimum absolute atomic E-state index is 0.178. The number of fused-ring (bicyclic) bond motifs is 1. The Hall–Kier alpha value is -1.56. The fraction of sp³-hybridized carbons (Fsp3) is 0.316. The molecule has 24 heavy (non-hydrogen) atoms. The van der Waals surface area contributed by atoms with Crippen LogP contribution in [0, 0.1) is 6.92 Å². The monoisotopic (exact) mass is 358 g/mol. The Morgan fingerprint density at radius 2 is 1.75 bits per heavy atom. The summed E-state index contributed by atoms with van der Waals surface area (Å²) in [6.07, 6.45) is 0. The Morgan fingerprint density at radius 3 is 2.38 bits per heavy atom. The molecule has 3 aromatic rings. The molecule has 0 aliphatic carbocycles. The molecule has 1 aromatic heterocycles. The fourth-order valence-corrected chi connectivity index (χ4v) is 4.25. The van der Waals surface area contributed by atoms with Gasteiger partial charge in [-0.2, -0.15) is 0 Å². The van der Waals surface area contributed by atoms with Gasteiger partial charge in [0.25, 0.3) is 0 Å². The number of rotatable bonds is 4. The van der Waals surface area contributed by atoms with E-state index in [9.17, 15) is 4.21 Å². The number of benzene rings is 2. The van der Waals surface area contributed by atoms with Crippen molar-refractivity contribution in [1.82, 2.24) is 9.71 Å². The normalized spacial score (nSPS) is 14.7. The van der Waals surface area contributed by atoms with Crippen molar-refractivity contribution in [2.45, 2.75) is 38.5 Å². The lowest BCUT2D eigenvalue weighted by Gasteiger charge is -2.23. The Balaban J connectivity index is 2.03. The summed E-state index contributed by atoms with van der Waals surface area (Å²) in [5.41, 5.74) is 3.27. The highest BCUT2D eigenvalue weighted by molar-refractivity contribution is 7.84. The van der Waals surface area contributed by atoms with Gasteiger partial charge < -0.3 is 0 Å². The Labute approximate surface area is 149 Å². The molecule has 0 radical (unpaired) electrons. The third-order valence-corrected chi connectivity index (χ3v) is 6.41. The largest absolute Gasteiger partial charge is 0.242 e. The third kappa shape index (κ3) is 3.74. The van der Waals surface area contributed by atoms with Crippen LogP contribution in [0.15, 0.2) is 48.5 Å². The van der Waals surface area contributed by atoms with Gasteiger partial charge in [0.1, 0.15) is 5.01 Å². The molecule has 0 aliphatic rings. The molecular formula is C19H22N2OS2. The lowest BCUT2D eigenvalue weighted by Crippen LogP contribution is -2.36. The highest BCUT2D eigenvalue weighted by Gasteiger charge is 2.26. The number of hydrogen-bond acceptors (Lipinski definition) is 3. The molecular weight excluding hydrogens is 336 g/mol. The summed E-state index contributed by atoms with van der Waals surface area (Å²) in [6.45, 7) is 7.99. The summed E-state index contributed by atoms with van der Waals surface area (Å²) in [7, 11) is -1.18. The van der Waals surface area contributed by atoms with Gasteiger partial charge in [-0.3, -0.25) is 0 Å². The van der Waals surface area contributed by atoms with Crippen LogP contribution < -0.4 is 4.72 Å². The molecule has 0 bridgehead atoms. The number of aromatic nitrogens is 1. The van der Waals surface area contributed by atoms with E-state index in [-0.39, 0.29) is 10.8 Å². The second-order valence-electron chi connectivity index (χ2n) is 6.86. The average Bonchev–Trinajstić information content (AvgIpc) is 2.96. The van der Waals surface area contributed by atoms with E-state index in [4.69, 9.17) is 4.98 Å². The number of para-hydroxylation sites is 1. The van der Waals surface area contributed by atoms with Gasteiger partial charge in [-0.25, -0.2) is 13.9 Å². The van der Waals surface area contributed by atoms with Crippen LogP contribution in [0.2, 0.25) is 0 Å². The van der Waals surface area contributed by atoms with Gasteiger partial charge in [0.05, 0.1) is 32.0 Å². The maximum atomic E-state index is 12.7. The predicted molar refractivity (Wildman–Crippen MR) is 104 cm³/mol. The molecule has 0 saturated heterocycles. The Morgan fingerprint density at radius 1 is 1.08 bits per heavy atom. The third-order valence-electron chi connectivity index (χ3n) is 3.75. The number of aryl methyl sites for hydroxylation is 1. The van der Waals surface area contributed by atoms with Crippen LogP contribution in [0.4, 0.5) is 0 Å². The van der Waals surface area contributed by atoms with Crippen LogP contribution in [-0.2, 0) is 11.0 Å². The summed E-state index contributed by atoms with van der Waals surface area (Å²) < 4.78 is 16.8. The second kappa shape index (κ2) is 6.75. The van der Waals surface area contributed by atoms with Gasteiger partial charge in [-0.1, -0.05) is 42.0 Å². The van der Waals surface area contributed by atoms with E-state index in [2.05, 4.69) is 42.0 Å². The van der Waals surface area contributed by atoms with Gasteiger partial charge in [-0.15, -0.1) is 11.3 Å². The highest BCUT2D eigenvalue weighted by atomic mass is 32.2. The Bertz CT molecular complexity index is 830. The molecule has 2 aromatic carbocycles. The summed E-state index contributed by atoms with van der Waals surface area (Å²) in [5, 5.41) is 0.942. The maximum Gasteiger partial charge on any atom is 0.116 e. The lowest BCUT2D eigenvalue weighted by molar-refractivity contribution is 0.623. The average molecular weight is 359 g/mol. The zero-order valence-electron chi connectivity index (χ0n) is 14.4. The number of nitrogens with one attached hydrogen (secondary N) is 1. The second-order valence-corrected chi connectivity index (χ2v) is 9.92. The molecule has 0 saturated carbocycles. The van der Waals surface area contributed by atoms with Gasteiger partial charge in [-0.05, 0) is 45.4 Å². The van der Waals surface area contributed by atoms with E-state index in [1.807, 2.05) is 39.0 Å². The molecule has 0 amide bonds. The molecule has 0 spiro atoms. The smallest absolute Gasteiger partial charge is 0.116 e. The van der Waals surface area contributed by atoms with Crippen molar-refractivity contribution in [2.24, 2.45) is 0 Å². The van der Waals surface area contributed by atoms with E-state index >= 15 is 0 Å². The van der Waals surface area contributed by atoms with Crippen molar-refractivity contribution < 1.29 is 4.21 Å². The van der Waals surface area contributed by atoms with Gasteiger partial charge in [0.2, 0.25) is 0 Å². The fourth-order valence-electron chi connectivity index (χ4n) is 2.32. The summed E-state index contributed by atoms with van der Waals surface area (Å²) in [4.78, 5) is 4.77. The van der Waals surface area contributed by atoms with Crippen LogP contribution in [0.5, 0.6) is 0 Å². The van der Waals surface area contributed by atoms with Crippen LogP contribution in [-0.4, -0.2) is 13.9 Å². The molecule has 3 nitrogen and oxygen atoms in total. The van der Waals surface area contributed by atoms with E-state index in [1.54, 1.807) is 11.3 Å². The maximum absolute atomic E-state index is 12.7. The lowest BCUT2D eigenvalue weighted by atomic mass is 10.1. The van der Waals surface area contributed by atoms with Crippen LogP contribution in [0.3, 0.4) is 0 Å². The van der Waals surface area contributed by atoms with Crippen molar-refractivity contribution in [3.05, 3.63) is 64.7 Å². The topological polar surface area (TPSA) is 42.0 Å². The first kappa shape index (κ1) is 17.3. The van der Waals surface area contributed by atoms with Crippen molar-refractivity contribution >= 4 is 32.5 Å². The van der Waals surface area contributed by atoms with E-state index in [0.29, 0.717) is 0 Å². The molecule has 1 N–H and O–H groups in total. The molecule has 0 fully saturated rings. The van der Waals surface area contributed by atoms with Crippen molar-refractivity contribution in [3.8, 4) is 0 Å². The standard InChI is InChI=1S/C19H22N2OS2/c1-13-9-11-14(12-10-13)17(21-24(22)19(2,3)4)18-20-15-7-5-6-8-16(15)23-18/h5-12,17,21H,1-4H3/t17-,24?/m0/s1. The summed E-state index contributed by atoms with van der Waals surface area (Å²) in [5.74, 6) is 0. The highest BCUT2D eigenvalue weighted by Crippen LogP contribution is 2.31. The van der Waals surface area contributed by atoms with Gasteiger partial charge in [0.15, 0.2) is 0 Å². The van der Waals surface area contributed by atoms with Gasteiger partial charge >= 0.3 is 0 Å². The van der Waals surface area contributed by atoms with Crippen LogP contribution in [0.1, 0.15) is 42.9 Å². The van der Waals surface area contributed by atoms with Gasteiger partial charge in [0, 0.05) is 0 Å². The number of thiazole rings is 1. The predicted octanol–water partition coefficient (Wildman–Crippen LogP) is 4.75. The van der Waals surface area contributed by atoms with Crippen LogP contribution >= 0.6 is 11.3 Å². The van der Waals surface area contributed by atoms with E-state index in [0.717, 1.165) is 20.8 Å². The van der Waals surface area contributed by atoms with E-state index < -0.39 is 11.0 Å². The zero-order chi connectivity index (χ0) is 17.3. The van der Waals surface area contributed by atoms with Crippen LogP contribution in [0.25, 0.3) is 10.2 Å².